The van der Waals surface area contributed by atoms with Crippen LogP contribution in [0.25, 0.3) is 16.7 Å². The number of aryl methyl sites for hydroxylation is 1. The van der Waals surface area contributed by atoms with Crippen LogP contribution in [0.5, 0.6) is 0 Å². The summed E-state index contributed by atoms with van der Waals surface area (Å²) in [6.45, 7) is 1.78. The molecule has 6 nitrogen and oxygen atoms in total. The van der Waals surface area contributed by atoms with E-state index in [0.29, 0.717) is 27.7 Å². The highest BCUT2D eigenvalue weighted by molar-refractivity contribution is 6.30. The van der Waals surface area contributed by atoms with Crippen molar-refractivity contribution >= 4 is 28.5 Å². The molecule has 0 aliphatic carbocycles. The van der Waals surface area contributed by atoms with Crippen molar-refractivity contribution in [3.8, 4) is 5.69 Å². The summed E-state index contributed by atoms with van der Waals surface area (Å²) in [6, 6.07) is 10.5. The highest BCUT2D eigenvalue weighted by Gasteiger charge is 2.15. The van der Waals surface area contributed by atoms with Gasteiger partial charge >= 0.3 is 0 Å². The molecule has 0 spiro atoms. The number of hydrogen-bond acceptors (Lipinski definition) is 5. The third-order valence-corrected chi connectivity index (χ3v) is 4.62. The highest BCUT2D eigenvalue weighted by atomic mass is 35.5. The van der Waals surface area contributed by atoms with Gasteiger partial charge in [-0.25, -0.2) is 23.4 Å². The van der Waals surface area contributed by atoms with Crippen molar-refractivity contribution in [2.45, 2.75) is 13.0 Å². The van der Waals surface area contributed by atoms with Gasteiger partial charge in [-0.3, -0.25) is 0 Å². The van der Waals surface area contributed by atoms with Crippen molar-refractivity contribution in [2.24, 2.45) is 0 Å². The minimum atomic E-state index is -1.06. The van der Waals surface area contributed by atoms with Gasteiger partial charge in [0, 0.05) is 11.6 Å². The van der Waals surface area contributed by atoms with Gasteiger partial charge in [0.05, 0.1) is 23.4 Å². The maximum atomic E-state index is 13.4. The maximum Gasteiger partial charge on any atom is 0.168 e. The third-order valence-electron chi connectivity index (χ3n) is 4.38. The third kappa shape index (κ3) is 3.90. The van der Waals surface area contributed by atoms with Crippen molar-refractivity contribution in [3.05, 3.63) is 76.7 Å². The topological polar surface area (TPSA) is 75.9 Å². The average molecular weight is 416 g/mol. The normalized spacial score (nSPS) is 12.3. The molecule has 0 fully saturated rings. The van der Waals surface area contributed by atoms with E-state index in [4.69, 9.17) is 11.6 Å². The van der Waals surface area contributed by atoms with Gasteiger partial charge in [0.1, 0.15) is 11.6 Å². The van der Waals surface area contributed by atoms with Crippen molar-refractivity contribution < 1.29 is 13.9 Å². The fourth-order valence-electron chi connectivity index (χ4n) is 2.98. The van der Waals surface area contributed by atoms with E-state index < -0.39 is 17.7 Å². The lowest BCUT2D eigenvalue weighted by Gasteiger charge is -2.14. The zero-order valence-corrected chi connectivity index (χ0v) is 16.0. The van der Waals surface area contributed by atoms with E-state index in [1.165, 1.54) is 6.07 Å². The van der Waals surface area contributed by atoms with E-state index in [9.17, 15) is 13.9 Å². The van der Waals surface area contributed by atoms with Gasteiger partial charge in [0.2, 0.25) is 0 Å². The van der Waals surface area contributed by atoms with Crippen LogP contribution in [0.15, 0.2) is 48.7 Å². The number of nitrogens with one attached hydrogen (secondary N) is 1. The van der Waals surface area contributed by atoms with Crippen molar-refractivity contribution in [1.82, 2.24) is 19.7 Å². The number of nitrogens with zero attached hydrogens (tertiary/aromatic N) is 4. The molecule has 0 aliphatic rings. The Morgan fingerprint density at radius 2 is 1.97 bits per heavy atom. The van der Waals surface area contributed by atoms with Crippen molar-refractivity contribution in [1.29, 1.82) is 0 Å². The van der Waals surface area contributed by atoms with Gasteiger partial charge in [0.25, 0.3) is 0 Å². The Kier molecular flexibility index (Phi) is 5.12. The molecule has 0 bridgehead atoms. The van der Waals surface area contributed by atoms with Crippen LogP contribution in [0.3, 0.4) is 0 Å². The highest BCUT2D eigenvalue weighted by Crippen LogP contribution is 2.25. The lowest BCUT2D eigenvalue weighted by atomic mass is 10.1. The molecule has 0 saturated carbocycles. The van der Waals surface area contributed by atoms with E-state index in [1.807, 2.05) is 12.1 Å². The van der Waals surface area contributed by atoms with Gasteiger partial charge < -0.3 is 10.4 Å². The number of halogens is 3. The molecule has 0 aliphatic heterocycles. The summed E-state index contributed by atoms with van der Waals surface area (Å²) in [5.41, 5.74) is 1.58. The van der Waals surface area contributed by atoms with E-state index in [-0.39, 0.29) is 12.1 Å². The number of benzene rings is 2. The fourth-order valence-corrected chi connectivity index (χ4v) is 3.16. The van der Waals surface area contributed by atoms with Crippen molar-refractivity contribution in [3.63, 3.8) is 0 Å². The van der Waals surface area contributed by atoms with Crippen LogP contribution < -0.4 is 5.32 Å². The summed E-state index contributed by atoms with van der Waals surface area (Å²) < 4.78 is 28.1. The van der Waals surface area contributed by atoms with E-state index in [0.717, 1.165) is 17.8 Å². The molecule has 148 valence electrons. The predicted octanol–water partition coefficient (Wildman–Crippen LogP) is 4.20. The molecule has 4 rings (SSSR count). The van der Waals surface area contributed by atoms with Gasteiger partial charge in [0.15, 0.2) is 17.3 Å². The van der Waals surface area contributed by atoms with Crippen LogP contribution in [-0.2, 0) is 0 Å². The molecule has 0 radical (unpaired) electrons. The minimum absolute atomic E-state index is 0.0406. The average Bonchev–Trinajstić information content (AvgIpc) is 3.11. The molecular weight excluding hydrogens is 400 g/mol. The van der Waals surface area contributed by atoms with Crippen LogP contribution in [-0.4, -0.2) is 31.4 Å². The smallest absolute Gasteiger partial charge is 0.168 e. The van der Waals surface area contributed by atoms with E-state index in [1.54, 1.807) is 29.9 Å². The van der Waals surface area contributed by atoms with E-state index >= 15 is 0 Å². The quantitative estimate of drug-likeness (QED) is 0.511. The minimum Gasteiger partial charge on any atom is -0.387 e. The molecule has 9 heteroatoms. The standard InChI is InChI=1S/C20H16ClF2N5O/c1-11-26-19(24-10-18(29)12-5-6-16(22)17(23)7-12)15-9-25-28(20(15)27-11)14-4-2-3-13(21)8-14/h2-9,18,29H,10H2,1H3,(H,24,26,27)/t18-/m0/s1. The predicted molar refractivity (Wildman–Crippen MR) is 106 cm³/mol. The number of aromatic nitrogens is 4. The van der Waals surface area contributed by atoms with Crippen LogP contribution in [0.2, 0.25) is 5.02 Å². The Hall–Kier alpha value is -3.10. The number of rotatable bonds is 5. The maximum absolute atomic E-state index is 13.4. The molecular formula is C20H16ClF2N5O. The number of anilines is 1. The first-order valence-corrected chi connectivity index (χ1v) is 9.15. The van der Waals surface area contributed by atoms with Gasteiger partial charge in [-0.2, -0.15) is 5.10 Å². The summed E-state index contributed by atoms with van der Waals surface area (Å²) in [4.78, 5) is 8.84. The molecule has 4 aromatic rings. The first kappa shape index (κ1) is 19.2. The van der Waals surface area contributed by atoms with Crippen LogP contribution >= 0.6 is 11.6 Å². The lowest BCUT2D eigenvalue weighted by Crippen LogP contribution is -2.14. The Bertz CT molecular complexity index is 1200. The monoisotopic (exact) mass is 415 g/mol. The number of hydrogen-bond donors (Lipinski definition) is 2. The van der Waals surface area contributed by atoms with Crippen LogP contribution in [0.4, 0.5) is 14.6 Å². The second-order valence-electron chi connectivity index (χ2n) is 6.46. The Balaban J connectivity index is 1.63. The molecule has 2 N–H and O–H groups in total. The largest absolute Gasteiger partial charge is 0.387 e. The Labute approximate surface area is 169 Å². The summed E-state index contributed by atoms with van der Waals surface area (Å²) in [5.74, 6) is -0.992. The molecule has 0 unspecified atom stereocenters. The first-order chi connectivity index (χ1) is 13.9. The molecule has 29 heavy (non-hydrogen) atoms. The molecule has 2 aromatic carbocycles. The van der Waals surface area contributed by atoms with Gasteiger partial charge in [-0.15, -0.1) is 0 Å². The zero-order chi connectivity index (χ0) is 20.5. The second kappa shape index (κ2) is 7.73. The number of aliphatic hydroxyl groups is 1. The van der Waals surface area contributed by atoms with Crippen LogP contribution in [0.1, 0.15) is 17.5 Å². The van der Waals surface area contributed by atoms with Gasteiger partial charge in [-0.1, -0.05) is 23.7 Å². The SMILES string of the molecule is Cc1nc(NC[C@H](O)c2ccc(F)c(F)c2)c2cnn(-c3cccc(Cl)c3)c2n1. The molecule has 2 heterocycles. The summed E-state index contributed by atoms with van der Waals surface area (Å²) in [6.07, 6.45) is 0.556. The lowest BCUT2D eigenvalue weighted by molar-refractivity contribution is 0.191. The van der Waals surface area contributed by atoms with Gasteiger partial charge in [-0.05, 0) is 42.8 Å². The van der Waals surface area contributed by atoms with Crippen molar-refractivity contribution in [2.75, 3.05) is 11.9 Å². The fraction of sp³-hybridized carbons (Fsp3) is 0.150. The van der Waals surface area contributed by atoms with E-state index in [2.05, 4.69) is 20.4 Å². The number of aliphatic hydroxyl groups excluding tert-OH is 1. The summed E-state index contributed by atoms with van der Waals surface area (Å²) >= 11 is 6.07. The molecule has 0 amide bonds. The molecule has 2 aromatic heterocycles. The summed E-state index contributed by atoms with van der Waals surface area (Å²) in [7, 11) is 0. The first-order valence-electron chi connectivity index (χ1n) is 8.77. The Morgan fingerprint density at radius 1 is 1.14 bits per heavy atom. The zero-order valence-electron chi connectivity index (χ0n) is 15.3. The summed E-state index contributed by atoms with van der Waals surface area (Å²) in [5, 5.41) is 19.0. The second-order valence-corrected chi connectivity index (χ2v) is 6.90. The number of fused-ring (bicyclic) bond motifs is 1. The molecule has 1 atom stereocenters. The van der Waals surface area contributed by atoms with Crippen LogP contribution in [0, 0.1) is 18.6 Å². The molecule has 0 saturated heterocycles. The Morgan fingerprint density at radius 3 is 2.72 bits per heavy atom.